The molecule has 4 nitrogen and oxygen atoms in total. The average molecular weight is 348 g/mol. The van der Waals surface area contributed by atoms with Gasteiger partial charge in [0.15, 0.2) is 0 Å². The number of aliphatic hydroxyl groups excluding tert-OH is 1. The van der Waals surface area contributed by atoms with Crippen LogP contribution in [0.15, 0.2) is 27.6 Å². The molecule has 1 aliphatic carbocycles. The van der Waals surface area contributed by atoms with Crippen LogP contribution < -0.4 is 0 Å². The molecule has 1 aliphatic rings. The summed E-state index contributed by atoms with van der Waals surface area (Å²) in [5, 5.41) is 9.11. The molecule has 1 N–H and O–H groups in total. The average Bonchev–Trinajstić information content (AvgIpc) is 2.25. The van der Waals surface area contributed by atoms with E-state index in [4.69, 9.17) is 5.11 Å². The van der Waals surface area contributed by atoms with E-state index in [1.807, 2.05) is 6.92 Å². The summed E-state index contributed by atoms with van der Waals surface area (Å²) < 4.78 is 27.4. The van der Waals surface area contributed by atoms with Crippen LogP contribution in [0, 0.1) is 6.92 Å². The highest BCUT2D eigenvalue weighted by Gasteiger charge is 2.35. The molecule has 0 aliphatic heterocycles. The Balaban J connectivity index is 2.38. The SMILES string of the molecule is Cc1ccc(S(=O)(=O)N(CCO)C2CCC2)c(Br)c1. The van der Waals surface area contributed by atoms with Crippen molar-refractivity contribution in [1.82, 2.24) is 4.31 Å². The Morgan fingerprint density at radius 3 is 2.58 bits per heavy atom. The van der Waals surface area contributed by atoms with Crippen molar-refractivity contribution in [1.29, 1.82) is 0 Å². The van der Waals surface area contributed by atoms with E-state index >= 15 is 0 Å². The highest BCUT2D eigenvalue weighted by molar-refractivity contribution is 9.10. The molecule has 106 valence electrons. The number of aryl methyl sites for hydroxylation is 1. The minimum atomic E-state index is -3.54. The van der Waals surface area contributed by atoms with E-state index in [1.165, 1.54) is 4.31 Å². The van der Waals surface area contributed by atoms with Crippen molar-refractivity contribution in [3.05, 3.63) is 28.2 Å². The Labute approximate surface area is 122 Å². The number of halogens is 1. The number of sulfonamides is 1. The molecule has 2 rings (SSSR count). The molecule has 0 spiro atoms. The first-order valence-corrected chi connectivity index (χ1v) is 8.59. The second-order valence-electron chi connectivity index (χ2n) is 4.86. The Bertz CT molecular complexity index is 555. The largest absolute Gasteiger partial charge is 0.395 e. The second-order valence-corrected chi connectivity index (χ2v) is 7.57. The molecule has 1 aromatic carbocycles. The normalized spacial score (nSPS) is 16.6. The Morgan fingerprint density at radius 2 is 2.11 bits per heavy atom. The number of rotatable bonds is 5. The molecular formula is C13H18BrNO3S. The van der Waals surface area contributed by atoms with Crippen LogP contribution in [0.3, 0.4) is 0 Å². The van der Waals surface area contributed by atoms with E-state index in [-0.39, 0.29) is 24.1 Å². The van der Waals surface area contributed by atoms with Gasteiger partial charge in [-0.3, -0.25) is 0 Å². The summed E-state index contributed by atoms with van der Waals surface area (Å²) in [6, 6.07) is 5.24. The molecule has 0 radical (unpaired) electrons. The first-order chi connectivity index (χ1) is 8.96. The highest BCUT2D eigenvalue weighted by Crippen LogP contribution is 2.32. The molecule has 0 saturated heterocycles. The number of hydrogen-bond donors (Lipinski definition) is 1. The standard InChI is InChI=1S/C13H18BrNO3S/c1-10-5-6-13(12(14)9-10)19(17,18)15(7-8-16)11-3-2-4-11/h5-6,9,11,16H,2-4,7-8H2,1H3. The van der Waals surface area contributed by atoms with Gasteiger partial charge in [-0.2, -0.15) is 4.31 Å². The van der Waals surface area contributed by atoms with Crippen LogP contribution in [0.1, 0.15) is 24.8 Å². The summed E-state index contributed by atoms with van der Waals surface area (Å²) in [5.41, 5.74) is 1.00. The van der Waals surface area contributed by atoms with Crippen molar-refractivity contribution < 1.29 is 13.5 Å². The molecule has 0 aromatic heterocycles. The van der Waals surface area contributed by atoms with Crippen molar-refractivity contribution in [2.45, 2.75) is 37.1 Å². The molecule has 0 unspecified atom stereocenters. The quantitative estimate of drug-likeness (QED) is 0.888. The molecule has 1 saturated carbocycles. The van der Waals surface area contributed by atoms with E-state index < -0.39 is 10.0 Å². The van der Waals surface area contributed by atoms with Gasteiger partial charge in [0.2, 0.25) is 10.0 Å². The summed E-state index contributed by atoms with van der Waals surface area (Å²) >= 11 is 3.32. The first-order valence-electron chi connectivity index (χ1n) is 6.35. The predicted molar refractivity (Wildman–Crippen MR) is 77.5 cm³/mol. The van der Waals surface area contributed by atoms with Crippen molar-refractivity contribution in [3.63, 3.8) is 0 Å². The van der Waals surface area contributed by atoms with E-state index in [2.05, 4.69) is 15.9 Å². The molecule has 19 heavy (non-hydrogen) atoms. The van der Waals surface area contributed by atoms with Gasteiger partial charge in [0.25, 0.3) is 0 Å². The molecule has 0 heterocycles. The van der Waals surface area contributed by atoms with Crippen molar-refractivity contribution >= 4 is 26.0 Å². The van der Waals surface area contributed by atoms with Crippen molar-refractivity contribution in [3.8, 4) is 0 Å². The fourth-order valence-corrected chi connectivity index (χ4v) is 5.04. The highest BCUT2D eigenvalue weighted by atomic mass is 79.9. The fourth-order valence-electron chi connectivity index (χ4n) is 2.21. The third-order valence-electron chi connectivity index (χ3n) is 3.48. The third kappa shape index (κ3) is 3.02. The van der Waals surface area contributed by atoms with E-state index in [1.54, 1.807) is 18.2 Å². The molecule has 6 heteroatoms. The van der Waals surface area contributed by atoms with Crippen molar-refractivity contribution in [2.24, 2.45) is 0 Å². The zero-order valence-corrected chi connectivity index (χ0v) is 13.2. The van der Waals surface area contributed by atoms with Crippen LogP contribution in [0.5, 0.6) is 0 Å². The van der Waals surface area contributed by atoms with Gasteiger partial charge in [0.05, 0.1) is 11.5 Å². The van der Waals surface area contributed by atoms with Gasteiger partial charge in [0.1, 0.15) is 0 Å². The van der Waals surface area contributed by atoms with Crippen LogP contribution in [0.2, 0.25) is 0 Å². The summed E-state index contributed by atoms with van der Waals surface area (Å²) in [6.07, 6.45) is 2.81. The van der Waals surface area contributed by atoms with Crippen LogP contribution in [-0.4, -0.2) is 37.0 Å². The number of hydrogen-bond acceptors (Lipinski definition) is 3. The maximum Gasteiger partial charge on any atom is 0.244 e. The van der Waals surface area contributed by atoms with E-state index in [9.17, 15) is 8.42 Å². The second kappa shape index (κ2) is 5.91. The lowest BCUT2D eigenvalue weighted by atomic mass is 9.93. The van der Waals surface area contributed by atoms with Crippen LogP contribution in [-0.2, 0) is 10.0 Å². The minimum Gasteiger partial charge on any atom is -0.395 e. The molecule has 1 fully saturated rings. The molecule has 0 atom stereocenters. The summed E-state index contributed by atoms with van der Waals surface area (Å²) in [4.78, 5) is 0.276. The Hall–Kier alpha value is -0.430. The lowest BCUT2D eigenvalue weighted by molar-refractivity contribution is 0.178. The minimum absolute atomic E-state index is 0.0327. The van der Waals surface area contributed by atoms with Gasteiger partial charge in [-0.25, -0.2) is 8.42 Å². The van der Waals surface area contributed by atoms with Gasteiger partial charge in [0, 0.05) is 17.1 Å². The van der Waals surface area contributed by atoms with E-state index in [0.717, 1.165) is 24.8 Å². The van der Waals surface area contributed by atoms with Crippen LogP contribution in [0.25, 0.3) is 0 Å². The van der Waals surface area contributed by atoms with Crippen LogP contribution >= 0.6 is 15.9 Å². The summed E-state index contributed by atoms with van der Waals surface area (Å²) in [6.45, 7) is 1.92. The Kier molecular flexibility index (Phi) is 4.66. The number of benzene rings is 1. The zero-order valence-electron chi connectivity index (χ0n) is 10.8. The van der Waals surface area contributed by atoms with Crippen molar-refractivity contribution in [2.75, 3.05) is 13.2 Å². The molecule has 0 amide bonds. The number of nitrogens with zero attached hydrogens (tertiary/aromatic N) is 1. The monoisotopic (exact) mass is 347 g/mol. The molecule has 1 aromatic rings. The lowest BCUT2D eigenvalue weighted by Crippen LogP contribution is -2.45. The van der Waals surface area contributed by atoms with E-state index in [0.29, 0.717) is 4.47 Å². The summed E-state index contributed by atoms with van der Waals surface area (Å²) in [5.74, 6) is 0. The fraction of sp³-hybridized carbons (Fsp3) is 0.538. The van der Waals surface area contributed by atoms with Crippen LogP contribution in [0.4, 0.5) is 0 Å². The van der Waals surface area contributed by atoms with Gasteiger partial charge < -0.3 is 5.11 Å². The third-order valence-corrected chi connectivity index (χ3v) is 6.40. The summed E-state index contributed by atoms with van der Waals surface area (Å²) in [7, 11) is -3.54. The Morgan fingerprint density at radius 1 is 1.42 bits per heavy atom. The zero-order chi connectivity index (χ0) is 14.0. The van der Waals surface area contributed by atoms with Gasteiger partial charge >= 0.3 is 0 Å². The van der Waals surface area contributed by atoms with Gasteiger partial charge in [-0.05, 0) is 53.4 Å². The number of aliphatic hydroxyl groups is 1. The lowest BCUT2D eigenvalue weighted by Gasteiger charge is -2.36. The smallest absolute Gasteiger partial charge is 0.244 e. The first kappa shape index (κ1) is 15.0. The molecular weight excluding hydrogens is 330 g/mol. The topological polar surface area (TPSA) is 57.6 Å². The maximum atomic E-state index is 12.7. The van der Waals surface area contributed by atoms with Gasteiger partial charge in [-0.1, -0.05) is 12.5 Å². The maximum absolute atomic E-state index is 12.7. The van der Waals surface area contributed by atoms with Gasteiger partial charge in [-0.15, -0.1) is 0 Å². The predicted octanol–water partition coefficient (Wildman–Crippen LogP) is 2.29. The molecule has 0 bridgehead atoms.